The highest BCUT2D eigenvalue weighted by atomic mass is 35.6. The SMILES string of the molecule is Cc1ccc(N=C(/C=C\N)NC(=O)OCC(Cl)(Cl)Cl)cc1. The van der Waals surface area contributed by atoms with Crippen LogP contribution >= 0.6 is 34.8 Å². The molecule has 0 aliphatic heterocycles. The van der Waals surface area contributed by atoms with Gasteiger partial charge in [-0.05, 0) is 31.3 Å². The van der Waals surface area contributed by atoms with Gasteiger partial charge in [0.15, 0.2) is 0 Å². The largest absolute Gasteiger partial charge is 0.445 e. The Kier molecular flexibility index (Phi) is 6.81. The maximum atomic E-state index is 11.6. The lowest BCUT2D eigenvalue weighted by atomic mass is 10.2. The first-order chi connectivity index (χ1) is 9.80. The van der Waals surface area contributed by atoms with Crippen molar-refractivity contribution in [3.63, 3.8) is 0 Å². The maximum absolute atomic E-state index is 11.6. The fourth-order valence-corrected chi connectivity index (χ4v) is 1.41. The number of aliphatic imine (C=N–C) groups is 1. The summed E-state index contributed by atoms with van der Waals surface area (Å²) in [5, 5.41) is 2.40. The van der Waals surface area contributed by atoms with Crippen LogP contribution in [-0.4, -0.2) is 22.3 Å². The molecule has 0 fully saturated rings. The Morgan fingerprint density at radius 2 is 2.00 bits per heavy atom. The fourth-order valence-electron chi connectivity index (χ4n) is 1.24. The van der Waals surface area contributed by atoms with E-state index in [1.54, 1.807) is 12.1 Å². The van der Waals surface area contributed by atoms with Crippen molar-refractivity contribution in [1.82, 2.24) is 5.32 Å². The van der Waals surface area contributed by atoms with Crippen molar-refractivity contribution in [3.8, 4) is 0 Å². The molecule has 0 aliphatic rings. The fraction of sp³-hybridized carbons (Fsp3) is 0.231. The Balaban J connectivity index is 2.73. The molecule has 8 heteroatoms. The number of amidine groups is 1. The molecule has 0 spiro atoms. The maximum Gasteiger partial charge on any atom is 0.412 e. The normalized spacial score (nSPS) is 12.5. The summed E-state index contributed by atoms with van der Waals surface area (Å²) in [6.07, 6.45) is 1.85. The average molecular weight is 351 g/mol. The molecule has 0 bridgehead atoms. The van der Waals surface area contributed by atoms with Crippen LogP contribution in [0.3, 0.4) is 0 Å². The van der Waals surface area contributed by atoms with E-state index in [1.165, 1.54) is 12.3 Å². The second kappa shape index (κ2) is 8.12. The van der Waals surface area contributed by atoms with Gasteiger partial charge in [-0.2, -0.15) is 0 Å². The highest BCUT2D eigenvalue weighted by Gasteiger charge is 2.22. The lowest BCUT2D eigenvalue weighted by Crippen LogP contribution is -2.32. The van der Waals surface area contributed by atoms with E-state index in [9.17, 15) is 4.79 Å². The number of hydrogen-bond donors (Lipinski definition) is 2. The van der Waals surface area contributed by atoms with E-state index in [1.807, 2.05) is 19.1 Å². The van der Waals surface area contributed by atoms with Crippen molar-refractivity contribution < 1.29 is 9.53 Å². The van der Waals surface area contributed by atoms with Crippen LogP contribution in [0.25, 0.3) is 0 Å². The molecule has 1 rings (SSSR count). The molecule has 0 aromatic heterocycles. The molecular weight excluding hydrogens is 337 g/mol. The molecule has 0 aliphatic carbocycles. The standard InChI is InChI=1S/C13H14Cl3N3O2/c1-9-2-4-10(5-3-9)18-11(6-7-17)19-12(20)21-8-13(14,15)16/h2-7H,8,17H2,1H3,(H,18,19,20)/b7-6-. The van der Waals surface area contributed by atoms with Gasteiger partial charge >= 0.3 is 6.09 Å². The van der Waals surface area contributed by atoms with E-state index in [2.05, 4.69) is 10.3 Å². The number of benzene rings is 1. The van der Waals surface area contributed by atoms with Crippen molar-refractivity contribution in [2.75, 3.05) is 6.61 Å². The zero-order chi connectivity index (χ0) is 15.9. The minimum Gasteiger partial charge on any atom is -0.445 e. The number of alkyl halides is 3. The number of carbonyl (C=O) groups excluding carboxylic acids is 1. The van der Waals surface area contributed by atoms with E-state index in [-0.39, 0.29) is 12.4 Å². The average Bonchev–Trinajstić information content (AvgIpc) is 2.39. The Bertz CT molecular complexity index is 537. The molecular formula is C13H14Cl3N3O2. The van der Waals surface area contributed by atoms with Gasteiger partial charge in [-0.15, -0.1) is 0 Å². The number of alkyl carbamates (subject to hydrolysis) is 1. The van der Waals surface area contributed by atoms with Gasteiger partial charge in [0.1, 0.15) is 12.4 Å². The third-order valence-corrected chi connectivity index (χ3v) is 2.46. The number of hydrogen-bond acceptors (Lipinski definition) is 4. The summed E-state index contributed by atoms with van der Waals surface area (Å²) >= 11 is 16.4. The van der Waals surface area contributed by atoms with Gasteiger partial charge < -0.3 is 10.5 Å². The van der Waals surface area contributed by atoms with Crippen LogP contribution in [0.2, 0.25) is 0 Å². The summed E-state index contributed by atoms with van der Waals surface area (Å²) in [7, 11) is 0. The summed E-state index contributed by atoms with van der Waals surface area (Å²) in [5.41, 5.74) is 7.05. The first-order valence-corrected chi connectivity index (χ1v) is 6.98. The van der Waals surface area contributed by atoms with Gasteiger partial charge in [-0.3, -0.25) is 5.32 Å². The van der Waals surface area contributed by atoms with Crippen LogP contribution in [0.4, 0.5) is 10.5 Å². The summed E-state index contributed by atoms with van der Waals surface area (Å²) in [6, 6.07) is 7.38. The number of rotatable bonds is 3. The summed E-state index contributed by atoms with van der Waals surface area (Å²) < 4.78 is 3.07. The minimum absolute atomic E-state index is 0.204. The Labute approximate surface area is 137 Å². The Hall–Kier alpha value is -1.43. The first-order valence-electron chi connectivity index (χ1n) is 5.84. The van der Waals surface area contributed by atoms with Gasteiger partial charge in [0.05, 0.1) is 5.69 Å². The molecule has 0 saturated heterocycles. The third kappa shape index (κ3) is 7.80. The van der Waals surface area contributed by atoms with Gasteiger partial charge in [0, 0.05) is 0 Å². The van der Waals surface area contributed by atoms with Crippen molar-refractivity contribution in [3.05, 3.63) is 42.1 Å². The second-order valence-corrected chi connectivity index (χ2v) is 6.52. The second-order valence-electron chi connectivity index (χ2n) is 4.01. The summed E-state index contributed by atoms with van der Waals surface area (Å²) in [6.45, 7) is 1.58. The number of nitrogens with one attached hydrogen (secondary N) is 1. The first kappa shape index (κ1) is 17.6. The van der Waals surface area contributed by atoms with Gasteiger partial charge in [0.25, 0.3) is 0 Å². The number of carbonyl (C=O) groups is 1. The molecule has 5 nitrogen and oxygen atoms in total. The van der Waals surface area contributed by atoms with Crippen molar-refractivity contribution in [2.24, 2.45) is 10.7 Å². The minimum atomic E-state index is -1.67. The predicted octanol–water partition coefficient (Wildman–Crippen LogP) is 3.59. The highest BCUT2D eigenvalue weighted by molar-refractivity contribution is 6.67. The highest BCUT2D eigenvalue weighted by Crippen LogP contribution is 2.25. The molecule has 114 valence electrons. The van der Waals surface area contributed by atoms with E-state index in [0.29, 0.717) is 5.69 Å². The molecule has 0 unspecified atom stereocenters. The molecule has 3 N–H and O–H groups in total. The third-order valence-electron chi connectivity index (χ3n) is 2.13. The number of ether oxygens (including phenoxy) is 1. The van der Waals surface area contributed by atoms with E-state index >= 15 is 0 Å². The zero-order valence-corrected chi connectivity index (χ0v) is 13.4. The topological polar surface area (TPSA) is 76.7 Å². The van der Waals surface area contributed by atoms with Crippen molar-refractivity contribution in [2.45, 2.75) is 10.7 Å². The zero-order valence-electron chi connectivity index (χ0n) is 11.1. The molecule has 0 heterocycles. The number of aryl methyl sites for hydroxylation is 1. The predicted molar refractivity (Wildman–Crippen MR) is 86.4 cm³/mol. The number of amides is 1. The van der Waals surface area contributed by atoms with E-state index in [4.69, 9.17) is 45.3 Å². The van der Waals surface area contributed by atoms with E-state index < -0.39 is 9.89 Å². The monoisotopic (exact) mass is 349 g/mol. The van der Waals surface area contributed by atoms with Crippen LogP contribution in [0.5, 0.6) is 0 Å². The molecule has 21 heavy (non-hydrogen) atoms. The van der Waals surface area contributed by atoms with Crippen molar-refractivity contribution >= 4 is 52.4 Å². The van der Waals surface area contributed by atoms with Gasteiger partial charge in [0.2, 0.25) is 3.79 Å². The van der Waals surface area contributed by atoms with Crippen molar-refractivity contribution in [1.29, 1.82) is 0 Å². The summed E-state index contributed by atoms with van der Waals surface area (Å²) in [4.78, 5) is 15.8. The molecule has 0 saturated carbocycles. The lowest BCUT2D eigenvalue weighted by Gasteiger charge is -2.12. The Morgan fingerprint density at radius 1 is 1.38 bits per heavy atom. The number of nitrogens with two attached hydrogens (primary N) is 1. The number of nitrogens with zero attached hydrogens (tertiary/aromatic N) is 1. The van der Waals surface area contributed by atoms with E-state index in [0.717, 1.165) is 5.56 Å². The van der Waals surface area contributed by atoms with Crippen LogP contribution in [0.1, 0.15) is 5.56 Å². The molecule has 0 atom stereocenters. The lowest BCUT2D eigenvalue weighted by molar-refractivity contribution is 0.154. The van der Waals surface area contributed by atoms with Crippen LogP contribution in [0.15, 0.2) is 41.5 Å². The van der Waals surface area contributed by atoms with Crippen LogP contribution < -0.4 is 11.1 Å². The van der Waals surface area contributed by atoms with Crippen LogP contribution in [-0.2, 0) is 4.74 Å². The smallest absolute Gasteiger partial charge is 0.412 e. The molecule has 1 amide bonds. The molecule has 1 aromatic rings. The van der Waals surface area contributed by atoms with Crippen LogP contribution in [0, 0.1) is 6.92 Å². The van der Waals surface area contributed by atoms with Gasteiger partial charge in [-0.1, -0.05) is 52.5 Å². The number of halogens is 3. The molecule has 1 aromatic carbocycles. The Morgan fingerprint density at radius 3 is 2.52 bits per heavy atom. The molecule has 0 radical (unpaired) electrons. The quantitative estimate of drug-likeness (QED) is 0.497. The van der Waals surface area contributed by atoms with Gasteiger partial charge in [-0.25, -0.2) is 9.79 Å². The summed E-state index contributed by atoms with van der Waals surface area (Å²) in [5.74, 6) is 0.204.